The number of amides is 1. The Bertz CT molecular complexity index is 1340. The monoisotopic (exact) mass is 413 g/mol. The summed E-state index contributed by atoms with van der Waals surface area (Å²) in [5.74, 6) is 0.120. The normalized spacial score (nSPS) is 11.2. The Morgan fingerprint density at radius 1 is 0.967 bits per heavy atom. The zero-order valence-electron chi connectivity index (χ0n) is 16.1. The lowest BCUT2D eigenvalue weighted by Crippen LogP contribution is -2.23. The predicted molar refractivity (Wildman–Crippen MR) is 120 cm³/mol. The van der Waals surface area contributed by atoms with Gasteiger partial charge in [0.1, 0.15) is 16.9 Å². The van der Waals surface area contributed by atoms with Gasteiger partial charge in [-0.3, -0.25) is 4.79 Å². The van der Waals surface area contributed by atoms with Crippen LogP contribution in [-0.2, 0) is 13.1 Å². The molecule has 3 aromatic heterocycles. The van der Waals surface area contributed by atoms with Crippen LogP contribution in [0.15, 0.2) is 72.1 Å². The summed E-state index contributed by atoms with van der Waals surface area (Å²) in [5, 5.41) is 4.96. The van der Waals surface area contributed by atoms with Gasteiger partial charge in [0.15, 0.2) is 5.65 Å². The average molecular weight is 414 g/mol. The summed E-state index contributed by atoms with van der Waals surface area (Å²) in [6.07, 6.45) is 0. The summed E-state index contributed by atoms with van der Waals surface area (Å²) in [7, 11) is 0. The first-order chi connectivity index (χ1) is 14.7. The van der Waals surface area contributed by atoms with Crippen molar-refractivity contribution in [3.8, 4) is 0 Å². The van der Waals surface area contributed by atoms with E-state index in [1.165, 1.54) is 0 Å². The van der Waals surface area contributed by atoms with Crippen LogP contribution in [-0.4, -0.2) is 20.4 Å². The fraction of sp³-hybridized carbons (Fsp3) is 0.0870. The zero-order valence-corrected chi connectivity index (χ0v) is 16.9. The third-order valence-corrected chi connectivity index (χ3v) is 5.88. The number of para-hydroxylation sites is 2. The maximum Gasteiger partial charge on any atom is 0.257 e. The topological polar surface area (TPSA) is 85.8 Å². The van der Waals surface area contributed by atoms with Gasteiger partial charge < -0.3 is 15.6 Å². The van der Waals surface area contributed by atoms with E-state index in [0.717, 1.165) is 21.5 Å². The van der Waals surface area contributed by atoms with Crippen LogP contribution in [0.2, 0.25) is 0 Å². The molecule has 7 heteroatoms. The summed E-state index contributed by atoms with van der Waals surface area (Å²) in [5.41, 5.74) is 10.6. The second-order valence-corrected chi connectivity index (χ2v) is 8.01. The van der Waals surface area contributed by atoms with E-state index in [1.54, 1.807) is 11.3 Å². The highest BCUT2D eigenvalue weighted by Gasteiger charge is 2.24. The second-order valence-electron chi connectivity index (χ2n) is 6.98. The zero-order chi connectivity index (χ0) is 20.5. The number of hydrogen-bond donors (Lipinski definition) is 2. The minimum absolute atomic E-state index is 0.248. The number of thiophene rings is 1. The second kappa shape index (κ2) is 7.61. The van der Waals surface area contributed by atoms with Crippen molar-refractivity contribution in [2.75, 3.05) is 5.73 Å². The largest absolute Gasteiger partial charge is 0.384 e. The lowest BCUT2D eigenvalue weighted by Gasteiger charge is -2.08. The number of benzene rings is 2. The molecule has 6 nitrogen and oxygen atoms in total. The van der Waals surface area contributed by atoms with E-state index >= 15 is 0 Å². The third kappa shape index (κ3) is 3.29. The fourth-order valence-electron chi connectivity index (χ4n) is 3.54. The van der Waals surface area contributed by atoms with Crippen molar-refractivity contribution in [1.29, 1.82) is 0 Å². The van der Waals surface area contributed by atoms with Crippen molar-refractivity contribution in [3.05, 3.63) is 88.1 Å². The Morgan fingerprint density at radius 2 is 1.70 bits per heavy atom. The molecule has 0 saturated heterocycles. The maximum absolute atomic E-state index is 13.1. The van der Waals surface area contributed by atoms with E-state index in [1.807, 2.05) is 76.7 Å². The first kappa shape index (κ1) is 18.3. The number of fused-ring (bicyclic) bond motifs is 2. The molecule has 0 spiro atoms. The minimum Gasteiger partial charge on any atom is -0.384 e. The van der Waals surface area contributed by atoms with Crippen LogP contribution in [0.3, 0.4) is 0 Å². The highest BCUT2D eigenvalue weighted by molar-refractivity contribution is 7.09. The molecule has 30 heavy (non-hydrogen) atoms. The highest BCUT2D eigenvalue weighted by atomic mass is 32.1. The average Bonchev–Trinajstić information content (AvgIpc) is 3.38. The molecule has 3 N–H and O–H groups in total. The van der Waals surface area contributed by atoms with Crippen LogP contribution < -0.4 is 11.1 Å². The van der Waals surface area contributed by atoms with E-state index in [0.29, 0.717) is 35.6 Å². The Morgan fingerprint density at radius 3 is 2.43 bits per heavy atom. The van der Waals surface area contributed by atoms with Gasteiger partial charge >= 0.3 is 0 Å². The van der Waals surface area contributed by atoms with Gasteiger partial charge in [-0.05, 0) is 29.1 Å². The van der Waals surface area contributed by atoms with Crippen LogP contribution >= 0.6 is 11.3 Å². The van der Waals surface area contributed by atoms with Crippen molar-refractivity contribution in [3.63, 3.8) is 0 Å². The smallest absolute Gasteiger partial charge is 0.257 e. The molecule has 0 saturated carbocycles. The summed E-state index contributed by atoms with van der Waals surface area (Å²) in [6.45, 7) is 0.955. The van der Waals surface area contributed by atoms with E-state index in [2.05, 4.69) is 5.32 Å². The number of rotatable bonds is 5. The Labute approximate surface area is 177 Å². The molecule has 0 aliphatic carbocycles. The minimum atomic E-state index is -0.248. The van der Waals surface area contributed by atoms with Gasteiger partial charge in [0, 0.05) is 4.88 Å². The standard InChI is InChI=1S/C23H19N5OS/c24-21-19(23(29)25-13-16-9-6-12-30-16)20-22(27-18-11-5-4-10-17(18)26-20)28(21)14-15-7-2-1-3-8-15/h1-12H,13-14,24H2,(H,25,29). The number of anilines is 1. The fourth-order valence-corrected chi connectivity index (χ4v) is 4.18. The molecular weight excluding hydrogens is 394 g/mol. The van der Waals surface area contributed by atoms with Gasteiger partial charge in [-0.25, -0.2) is 9.97 Å². The first-order valence-corrected chi connectivity index (χ1v) is 10.5. The van der Waals surface area contributed by atoms with Crippen molar-refractivity contribution >= 4 is 45.3 Å². The van der Waals surface area contributed by atoms with Crippen LogP contribution in [0.25, 0.3) is 22.2 Å². The SMILES string of the molecule is Nc1c(C(=O)NCc2cccs2)c2nc3ccccc3nc2n1Cc1ccccc1. The number of carbonyl (C=O) groups excluding carboxylic acids is 1. The quantitative estimate of drug-likeness (QED) is 0.452. The summed E-state index contributed by atoms with van der Waals surface area (Å²) >= 11 is 1.60. The number of aromatic nitrogens is 3. The molecule has 0 aliphatic rings. The number of nitrogens with zero attached hydrogens (tertiary/aromatic N) is 3. The van der Waals surface area contributed by atoms with E-state index in [9.17, 15) is 4.79 Å². The van der Waals surface area contributed by atoms with Crippen molar-refractivity contribution in [1.82, 2.24) is 19.9 Å². The number of nitrogens with two attached hydrogens (primary N) is 1. The Hall–Kier alpha value is -3.71. The van der Waals surface area contributed by atoms with Crippen molar-refractivity contribution in [2.45, 2.75) is 13.1 Å². The van der Waals surface area contributed by atoms with Crippen LogP contribution in [0, 0.1) is 0 Å². The van der Waals surface area contributed by atoms with Gasteiger partial charge in [0.2, 0.25) is 0 Å². The Kier molecular flexibility index (Phi) is 4.65. The Balaban J connectivity index is 1.63. The van der Waals surface area contributed by atoms with Gasteiger partial charge in [-0.1, -0.05) is 48.5 Å². The molecule has 1 amide bonds. The molecule has 148 valence electrons. The molecular formula is C23H19N5OS. The van der Waals surface area contributed by atoms with Crippen molar-refractivity contribution < 1.29 is 4.79 Å². The number of carbonyl (C=O) groups is 1. The van der Waals surface area contributed by atoms with E-state index < -0.39 is 0 Å². The third-order valence-electron chi connectivity index (χ3n) is 5.01. The molecule has 5 rings (SSSR count). The maximum atomic E-state index is 13.1. The molecule has 0 atom stereocenters. The van der Waals surface area contributed by atoms with Gasteiger partial charge in [-0.2, -0.15) is 0 Å². The summed E-state index contributed by atoms with van der Waals surface area (Å²) < 4.78 is 1.87. The molecule has 0 aliphatic heterocycles. The van der Waals surface area contributed by atoms with Gasteiger partial charge in [-0.15, -0.1) is 11.3 Å². The van der Waals surface area contributed by atoms with Gasteiger partial charge in [0.05, 0.1) is 24.1 Å². The predicted octanol–water partition coefficient (Wildman–Crippen LogP) is 4.21. The van der Waals surface area contributed by atoms with Crippen molar-refractivity contribution in [2.24, 2.45) is 0 Å². The molecule has 0 radical (unpaired) electrons. The number of nitrogens with one attached hydrogen (secondary N) is 1. The lowest BCUT2D eigenvalue weighted by molar-refractivity contribution is 0.0953. The lowest BCUT2D eigenvalue weighted by atomic mass is 10.2. The summed E-state index contributed by atoms with van der Waals surface area (Å²) in [6, 6.07) is 21.6. The van der Waals surface area contributed by atoms with Crippen LogP contribution in [0.5, 0.6) is 0 Å². The number of nitrogen functional groups attached to an aromatic ring is 1. The molecule has 0 bridgehead atoms. The van der Waals surface area contributed by atoms with E-state index in [-0.39, 0.29) is 5.91 Å². The molecule has 5 aromatic rings. The summed E-state index contributed by atoms with van der Waals surface area (Å²) in [4.78, 5) is 23.7. The highest BCUT2D eigenvalue weighted by Crippen LogP contribution is 2.28. The number of hydrogen-bond acceptors (Lipinski definition) is 5. The molecule has 0 fully saturated rings. The van der Waals surface area contributed by atoms with Gasteiger partial charge in [0.25, 0.3) is 5.91 Å². The molecule has 3 heterocycles. The molecule has 2 aromatic carbocycles. The first-order valence-electron chi connectivity index (χ1n) is 9.59. The van der Waals surface area contributed by atoms with E-state index in [4.69, 9.17) is 15.7 Å². The van der Waals surface area contributed by atoms with Crippen LogP contribution in [0.4, 0.5) is 5.82 Å². The van der Waals surface area contributed by atoms with Crippen LogP contribution in [0.1, 0.15) is 20.8 Å². The molecule has 0 unspecified atom stereocenters.